The number of hydrogen-bond acceptors (Lipinski definition) is 1. The summed E-state index contributed by atoms with van der Waals surface area (Å²) in [4.78, 5) is 3.22. The number of aromatic amines is 1. The van der Waals surface area contributed by atoms with Gasteiger partial charge in [0.15, 0.2) is 0 Å². The molecule has 0 radical (unpaired) electrons. The van der Waals surface area contributed by atoms with Gasteiger partial charge in [-0.05, 0) is 31.5 Å². The van der Waals surface area contributed by atoms with Crippen molar-refractivity contribution < 1.29 is 0 Å². The van der Waals surface area contributed by atoms with E-state index in [2.05, 4.69) is 17.1 Å². The summed E-state index contributed by atoms with van der Waals surface area (Å²) in [6, 6.07) is 12.2. The fourth-order valence-corrected chi connectivity index (χ4v) is 1.71. The fourth-order valence-electron chi connectivity index (χ4n) is 1.71. The summed E-state index contributed by atoms with van der Waals surface area (Å²) in [7, 11) is 0. The minimum atomic E-state index is 0.707. The topological polar surface area (TPSA) is 39.6 Å². The highest BCUT2D eigenvalue weighted by atomic mass is 14.7. The molecule has 0 bridgehead atoms. The molecule has 1 aromatic carbocycles. The summed E-state index contributed by atoms with van der Waals surface area (Å²) >= 11 is 0. The molecule has 0 atom stereocenters. The predicted octanol–water partition coefficient (Wildman–Crippen LogP) is 3.17. The molecule has 74 valence electrons. The second-order valence-corrected chi connectivity index (χ2v) is 3.72. The molecule has 2 aromatic rings. The van der Waals surface area contributed by atoms with Crippen LogP contribution in [0.15, 0.2) is 30.3 Å². The van der Waals surface area contributed by atoms with Crippen LogP contribution >= 0.6 is 0 Å². The largest absolute Gasteiger partial charge is 0.358 e. The van der Waals surface area contributed by atoms with Crippen molar-refractivity contribution >= 4 is 0 Å². The standard InChI is InChI=1S/C13H12N2/c1-9-4-3-5-11(6-9)13-12(8-14)7-10(2)15-13/h3-7,15H,1-2H3. The number of nitrogens with one attached hydrogen (secondary N) is 1. The Balaban J connectivity index is 2.59. The van der Waals surface area contributed by atoms with Crippen molar-refractivity contribution in [2.45, 2.75) is 13.8 Å². The molecule has 1 aromatic heterocycles. The molecule has 2 rings (SSSR count). The third-order valence-electron chi connectivity index (χ3n) is 2.38. The van der Waals surface area contributed by atoms with Gasteiger partial charge >= 0.3 is 0 Å². The molecule has 0 saturated carbocycles. The van der Waals surface area contributed by atoms with Gasteiger partial charge in [0.2, 0.25) is 0 Å². The summed E-state index contributed by atoms with van der Waals surface area (Å²) in [5.41, 5.74) is 4.91. The van der Waals surface area contributed by atoms with E-state index in [-0.39, 0.29) is 0 Å². The first-order chi connectivity index (χ1) is 7.20. The minimum absolute atomic E-state index is 0.707. The van der Waals surface area contributed by atoms with Crippen LogP contribution in [0.1, 0.15) is 16.8 Å². The molecule has 2 heteroatoms. The number of H-pyrrole nitrogens is 1. The number of nitrogens with zero attached hydrogens (tertiary/aromatic N) is 1. The van der Waals surface area contributed by atoms with Crippen LogP contribution in [0.3, 0.4) is 0 Å². The second-order valence-electron chi connectivity index (χ2n) is 3.72. The summed E-state index contributed by atoms with van der Waals surface area (Å²) < 4.78 is 0. The number of nitriles is 1. The van der Waals surface area contributed by atoms with E-state index < -0.39 is 0 Å². The van der Waals surface area contributed by atoms with Crippen molar-refractivity contribution in [2.75, 3.05) is 0 Å². The maximum Gasteiger partial charge on any atom is 0.101 e. The SMILES string of the molecule is Cc1cccc(-c2[nH]c(C)cc2C#N)c1. The number of benzene rings is 1. The van der Waals surface area contributed by atoms with Crippen molar-refractivity contribution in [1.29, 1.82) is 5.26 Å². The van der Waals surface area contributed by atoms with E-state index in [1.807, 2.05) is 38.1 Å². The second kappa shape index (κ2) is 3.62. The molecule has 0 aliphatic heterocycles. The average Bonchev–Trinajstić information content (AvgIpc) is 2.59. The molecule has 0 saturated heterocycles. The molecule has 0 aliphatic carbocycles. The monoisotopic (exact) mass is 196 g/mol. The van der Waals surface area contributed by atoms with Gasteiger partial charge in [0.05, 0.1) is 11.3 Å². The third-order valence-corrected chi connectivity index (χ3v) is 2.38. The molecule has 2 nitrogen and oxygen atoms in total. The van der Waals surface area contributed by atoms with Gasteiger partial charge < -0.3 is 4.98 Å². The quantitative estimate of drug-likeness (QED) is 0.747. The van der Waals surface area contributed by atoms with E-state index in [0.29, 0.717) is 5.56 Å². The first-order valence-electron chi connectivity index (χ1n) is 4.87. The summed E-state index contributed by atoms with van der Waals surface area (Å²) in [6.45, 7) is 4.01. The Labute approximate surface area is 89.2 Å². The molecule has 0 unspecified atom stereocenters. The lowest BCUT2D eigenvalue weighted by Crippen LogP contribution is -1.82. The molecule has 1 N–H and O–H groups in total. The van der Waals surface area contributed by atoms with E-state index in [1.54, 1.807) is 0 Å². The lowest BCUT2D eigenvalue weighted by atomic mass is 10.1. The molecule has 15 heavy (non-hydrogen) atoms. The van der Waals surface area contributed by atoms with Gasteiger partial charge in [-0.2, -0.15) is 5.26 Å². The van der Waals surface area contributed by atoms with Crippen molar-refractivity contribution in [1.82, 2.24) is 4.98 Å². The van der Waals surface area contributed by atoms with E-state index in [4.69, 9.17) is 5.26 Å². The van der Waals surface area contributed by atoms with Crippen molar-refractivity contribution in [3.05, 3.63) is 47.2 Å². The van der Waals surface area contributed by atoms with Crippen LogP contribution in [0.4, 0.5) is 0 Å². The maximum absolute atomic E-state index is 8.99. The van der Waals surface area contributed by atoms with Gasteiger partial charge in [-0.3, -0.25) is 0 Å². The Kier molecular flexibility index (Phi) is 2.31. The third kappa shape index (κ3) is 1.77. The zero-order valence-corrected chi connectivity index (χ0v) is 8.83. The van der Waals surface area contributed by atoms with Gasteiger partial charge in [0.1, 0.15) is 6.07 Å². The summed E-state index contributed by atoms with van der Waals surface area (Å²) in [5, 5.41) is 8.99. The minimum Gasteiger partial charge on any atom is -0.358 e. The van der Waals surface area contributed by atoms with Crippen LogP contribution in [0.25, 0.3) is 11.3 Å². The highest BCUT2D eigenvalue weighted by Crippen LogP contribution is 2.23. The number of aryl methyl sites for hydroxylation is 2. The van der Waals surface area contributed by atoms with Crippen molar-refractivity contribution in [2.24, 2.45) is 0 Å². The molecular formula is C13H12N2. The van der Waals surface area contributed by atoms with E-state index in [0.717, 1.165) is 17.0 Å². The van der Waals surface area contributed by atoms with Crippen LogP contribution in [0, 0.1) is 25.2 Å². The number of rotatable bonds is 1. The van der Waals surface area contributed by atoms with Crippen molar-refractivity contribution in [3.63, 3.8) is 0 Å². The number of aromatic nitrogens is 1. The smallest absolute Gasteiger partial charge is 0.101 e. The summed E-state index contributed by atoms with van der Waals surface area (Å²) in [6.07, 6.45) is 0. The zero-order valence-electron chi connectivity index (χ0n) is 8.83. The maximum atomic E-state index is 8.99. The molecule has 0 spiro atoms. The zero-order chi connectivity index (χ0) is 10.8. The molecule has 1 heterocycles. The van der Waals surface area contributed by atoms with E-state index in [1.165, 1.54) is 5.56 Å². The highest BCUT2D eigenvalue weighted by Gasteiger charge is 2.07. The fraction of sp³-hybridized carbons (Fsp3) is 0.154. The average molecular weight is 196 g/mol. The van der Waals surface area contributed by atoms with Crippen LogP contribution in [-0.2, 0) is 0 Å². The highest BCUT2D eigenvalue weighted by molar-refractivity contribution is 5.68. The normalized spacial score (nSPS) is 9.93. The predicted molar refractivity (Wildman–Crippen MR) is 60.4 cm³/mol. The summed E-state index contributed by atoms with van der Waals surface area (Å²) in [5.74, 6) is 0. The lowest BCUT2D eigenvalue weighted by Gasteiger charge is -2.00. The Morgan fingerprint density at radius 2 is 2.00 bits per heavy atom. The Hall–Kier alpha value is -2.01. The Bertz CT molecular complexity index is 530. The molecule has 0 aliphatic rings. The van der Waals surface area contributed by atoms with Crippen LogP contribution in [0.5, 0.6) is 0 Å². The Morgan fingerprint density at radius 1 is 1.20 bits per heavy atom. The van der Waals surface area contributed by atoms with Gasteiger partial charge in [-0.1, -0.05) is 23.8 Å². The van der Waals surface area contributed by atoms with Crippen LogP contribution in [-0.4, -0.2) is 4.98 Å². The first-order valence-corrected chi connectivity index (χ1v) is 4.87. The van der Waals surface area contributed by atoms with Gasteiger partial charge in [-0.15, -0.1) is 0 Å². The van der Waals surface area contributed by atoms with Gasteiger partial charge in [-0.25, -0.2) is 0 Å². The van der Waals surface area contributed by atoms with Gasteiger partial charge in [0, 0.05) is 5.69 Å². The first kappa shape index (κ1) is 9.54. The molecule has 0 fully saturated rings. The van der Waals surface area contributed by atoms with Crippen LogP contribution in [0.2, 0.25) is 0 Å². The van der Waals surface area contributed by atoms with Crippen LogP contribution < -0.4 is 0 Å². The van der Waals surface area contributed by atoms with Gasteiger partial charge in [0.25, 0.3) is 0 Å². The molecule has 0 amide bonds. The lowest BCUT2D eigenvalue weighted by molar-refractivity contribution is 1.26. The Morgan fingerprint density at radius 3 is 2.67 bits per heavy atom. The van der Waals surface area contributed by atoms with E-state index in [9.17, 15) is 0 Å². The van der Waals surface area contributed by atoms with Crippen molar-refractivity contribution in [3.8, 4) is 17.3 Å². The number of hydrogen-bond donors (Lipinski definition) is 1. The van der Waals surface area contributed by atoms with E-state index >= 15 is 0 Å². The molecular weight excluding hydrogens is 184 g/mol.